The van der Waals surface area contributed by atoms with Crippen LogP contribution in [0.3, 0.4) is 0 Å². The lowest BCUT2D eigenvalue weighted by atomic mass is 9.86. The third-order valence-electron chi connectivity index (χ3n) is 4.29. The summed E-state index contributed by atoms with van der Waals surface area (Å²) >= 11 is 0. The van der Waals surface area contributed by atoms with Crippen molar-refractivity contribution in [3.8, 4) is 5.82 Å². The number of imidazole rings is 1. The number of rotatable bonds is 3. The molecular weight excluding hydrogens is 248 g/mol. The Morgan fingerprint density at radius 3 is 2.80 bits per heavy atom. The molecule has 2 heterocycles. The van der Waals surface area contributed by atoms with Crippen molar-refractivity contribution in [1.82, 2.24) is 14.5 Å². The molecule has 3 rings (SSSR count). The number of hydrogen-bond acceptors (Lipinski definition) is 3. The third kappa shape index (κ3) is 2.55. The van der Waals surface area contributed by atoms with E-state index in [1.54, 1.807) is 0 Å². The van der Waals surface area contributed by atoms with Gasteiger partial charge < -0.3 is 5.32 Å². The molecule has 2 atom stereocenters. The molecule has 2 aromatic heterocycles. The number of nitrogens with zero attached hydrogens (tertiary/aromatic N) is 3. The van der Waals surface area contributed by atoms with Crippen LogP contribution in [0.4, 0.5) is 5.69 Å². The van der Waals surface area contributed by atoms with Gasteiger partial charge in [-0.25, -0.2) is 9.97 Å². The van der Waals surface area contributed by atoms with Gasteiger partial charge in [-0.2, -0.15) is 0 Å². The van der Waals surface area contributed by atoms with Gasteiger partial charge in [0.25, 0.3) is 0 Å². The van der Waals surface area contributed by atoms with Crippen molar-refractivity contribution >= 4 is 5.69 Å². The summed E-state index contributed by atoms with van der Waals surface area (Å²) in [5, 5.41) is 3.70. The normalized spacial score (nSPS) is 22.7. The van der Waals surface area contributed by atoms with E-state index in [1.807, 2.05) is 36.1 Å². The largest absolute Gasteiger partial charge is 0.379 e. The van der Waals surface area contributed by atoms with E-state index < -0.39 is 0 Å². The summed E-state index contributed by atoms with van der Waals surface area (Å²) in [5.41, 5.74) is 1.10. The van der Waals surface area contributed by atoms with Crippen LogP contribution in [-0.4, -0.2) is 20.6 Å². The van der Waals surface area contributed by atoms with Crippen molar-refractivity contribution in [2.45, 2.75) is 45.6 Å². The molecule has 1 aliphatic rings. The number of aromatic nitrogens is 3. The van der Waals surface area contributed by atoms with Gasteiger partial charge in [0.15, 0.2) is 5.82 Å². The van der Waals surface area contributed by atoms with Crippen molar-refractivity contribution in [2.75, 3.05) is 5.32 Å². The number of aryl methyl sites for hydroxylation is 1. The van der Waals surface area contributed by atoms with Crippen LogP contribution in [-0.2, 0) is 0 Å². The molecule has 0 radical (unpaired) electrons. The molecule has 4 nitrogen and oxygen atoms in total. The number of hydrogen-bond donors (Lipinski definition) is 1. The van der Waals surface area contributed by atoms with Crippen LogP contribution in [0.25, 0.3) is 5.82 Å². The molecule has 1 saturated carbocycles. The van der Waals surface area contributed by atoms with E-state index in [4.69, 9.17) is 0 Å². The first-order valence-corrected chi connectivity index (χ1v) is 7.47. The van der Waals surface area contributed by atoms with Gasteiger partial charge in [-0.15, -0.1) is 0 Å². The minimum Gasteiger partial charge on any atom is -0.379 e. The summed E-state index contributed by atoms with van der Waals surface area (Å²) in [6.07, 6.45) is 10.9. The van der Waals surface area contributed by atoms with Crippen LogP contribution in [0, 0.1) is 12.8 Å². The van der Waals surface area contributed by atoms with Gasteiger partial charge in [-0.3, -0.25) is 4.57 Å². The zero-order valence-electron chi connectivity index (χ0n) is 12.2. The maximum Gasteiger partial charge on any atom is 0.161 e. The highest BCUT2D eigenvalue weighted by atomic mass is 15.1. The first-order chi connectivity index (χ1) is 9.75. The lowest BCUT2D eigenvalue weighted by Gasteiger charge is -2.31. The Hall–Kier alpha value is -1.84. The molecule has 106 valence electrons. The van der Waals surface area contributed by atoms with Crippen LogP contribution < -0.4 is 5.32 Å². The maximum absolute atomic E-state index is 4.53. The Kier molecular flexibility index (Phi) is 3.72. The lowest BCUT2D eigenvalue weighted by Crippen LogP contribution is -2.30. The summed E-state index contributed by atoms with van der Waals surface area (Å²) in [7, 11) is 0. The molecule has 4 heteroatoms. The summed E-state index contributed by atoms with van der Waals surface area (Å²) < 4.78 is 2.04. The predicted octanol–water partition coefficient (Wildman–Crippen LogP) is 3.57. The van der Waals surface area contributed by atoms with E-state index in [9.17, 15) is 0 Å². The van der Waals surface area contributed by atoms with Gasteiger partial charge in [-0.05, 0) is 37.8 Å². The molecule has 0 aliphatic heterocycles. The van der Waals surface area contributed by atoms with Gasteiger partial charge >= 0.3 is 0 Å². The smallest absolute Gasteiger partial charge is 0.161 e. The molecule has 0 saturated heterocycles. The number of anilines is 1. The van der Waals surface area contributed by atoms with Gasteiger partial charge in [0.05, 0.1) is 5.69 Å². The highest BCUT2D eigenvalue weighted by Crippen LogP contribution is 2.28. The minimum absolute atomic E-state index is 0.551. The molecule has 1 N–H and O–H groups in total. The van der Waals surface area contributed by atoms with Crippen molar-refractivity contribution in [2.24, 2.45) is 5.92 Å². The monoisotopic (exact) mass is 270 g/mol. The molecule has 0 spiro atoms. The van der Waals surface area contributed by atoms with E-state index in [0.717, 1.165) is 23.2 Å². The Balaban J connectivity index is 1.88. The van der Waals surface area contributed by atoms with Crippen LogP contribution in [0.1, 0.15) is 38.4 Å². The summed E-state index contributed by atoms with van der Waals surface area (Å²) in [6, 6.07) is 4.66. The fourth-order valence-corrected chi connectivity index (χ4v) is 3.03. The molecule has 1 aliphatic carbocycles. The Labute approximate surface area is 120 Å². The Morgan fingerprint density at radius 2 is 2.05 bits per heavy atom. The summed E-state index contributed by atoms with van der Waals surface area (Å²) in [4.78, 5) is 8.82. The second-order valence-corrected chi connectivity index (χ2v) is 5.73. The van der Waals surface area contributed by atoms with Gasteiger partial charge in [0.1, 0.15) is 5.82 Å². The highest BCUT2D eigenvalue weighted by Gasteiger charge is 2.22. The van der Waals surface area contributed by atoms with Crippen LogP contribution in [0.2, 0.25) is 0 Å². The zero-order chi connectivity index (χ0) is 13.9. The fourth-order valence-electron chi connectivity index (χ4n) is 3.03. The molecule has 20 heavy (non-hydrogen) atoms. The standard InChI is InChI=1S/C16H22N4/c1-12-6-3-4-7-14(12)19-15-8-5-9-18-16(15)20-11-10-17-13(20)2/h5,8-12,14,19H,3-4,6-7H2,1-2H3. The van der Waals surface area contributed by atoms with Crippen molar-refractivity contribution in [3.63, 3.8) is 0 Å². The Bertz CT molecular complexity index is 575. The minimum atomic E-state index is 0.551. The second-order valence-electron chi connectivity index (χ2n) is 5.73. The van der Waals surface area contributed by atoms with Crippen LogP contribution in [0.5, 0.6) is 0 Å². The summed E-state index contributed by atoms with van der Waals surface area (Å²) in [5.74, 6) is 2.63. The Morgan fingerprint density at radius 1 is 1.20 bits per heavy atom. The number of pyridine rings is 1. The lowest BCUT2D eigenvalue weighted by molar-refractivity contribution is 0.349. The van der Waals surface area contributed by atoms with Gasteiger partial charge in [0, 0.05) is 24.6 Å². The molecule has 2 unspecified atom stereocenters. The topological polar surface area (TPSA) is 42.7 Å². The van der Waals surface area contributed by atoms with E-state index >= 15 is 0 Å². The van der Waals surface area contributed by atoms with Crippen LogP contribution in [0.15, 0.2) is 30.7 Å². The first kappa shape index (κ1) is 13.2. The molecule has 1 fully saturated rings. The van der Waals surface area contributed by atoms with Gasteiger partial charge in [0.2, 0.25) is 0 Å². The molecule has 2 aromatic rings. The summed E-state index contributed by atoms with van der Waals surface area (Å²) in [6.45, 7) is 4.34. The van der Waals surface area contributed by atoms with Crippen molar-refractivity contribution < 1.29 is 0 Å². The van der Waals surface area contributed by atoms with E-state index in [1.165, 1.54) is 25.7 Å². The van der Waals surface area contributed by atoms with E-state index in [2.05, 4.69) is 28.3 Å². The molecular formula is C16H22N4. The second kappa shape index (κ2) is 5.65. The average molecular weight is 270 g/mol. The number of nitrogens with one attached hydrogen (secondary N) is 1. The van der Waals surface area contributed by atoms with Gasteiger partial charge in [-0.1, -0.05) is 19.8 Å². The fraction of sp³-hybridized carbons (Fsp3) is 0.500. The quantitative estimate of drug-likeness (QED) is 0.927. The average Bonchev–Trinajstić information content (AvgIpc) is 2.88. The van der Waals surface area contributed by atoms with Crippen molar-refractivity contribution in [1.29, 1.82) is 0 Å². The zero-order valence-corrected chi connectivity index (χ0v) is 12.2. The maximum atomic E-state index is 4.53. The van der Waals surface area contributed by atoms with Crippen molar-refractivity contribution in [3.05, 3.63) is 36.5 Å². The SMILES string of the molecule is Cc1nccn1-c1ncccc1NC1CCCCC1C. The van der Waals surface area contributed by atoms with E-state index in [-0.39, 0.29) is 0 Å². The molecule has 0 bridgehead atoms. The highest BCUT2D eigenvalue weighted by molar-refractivity contribution is 5.57. The first-order valence-electron chi connectivity index (χ1n) is 7.47. The molecule has 0 amide bonds. The third-order valence-corrected chi connectivity index (χ3v) is 4.29. The molecule has 0 aromatic carbocycles. The van der Waals surface area contributed by atoms with E-state index in [0.29, 0.717) is 6.04 Å². The predicted molar refractivity (Wildman–Crippen MR) is 81.1 cm³/mol. The van der Waals surface area contributed by atoms with Crippen LogP contribution >= 0.6 is 0 Å².